The van der Waals surface area contributed by atoms with E-state index >= 15 is 0 Å². The van der Waals surface area contributed by atoms with Crippen molar-refractivity contribution in [2.45, 2.75) is 0 Å². The predicted molar refractivity (Wildman–Crippen MR) is 93.8 cm³/mol. The minimum atomic E-state index is 0.895. The largest absolute Gasteiger partial charge is 0.307 e. The molecular weight excluding hydrogens is 298 g/mol. The molecule has 0 spiro atoms. The fraction of sp³-hybridized carbons (Fsp3) is 0. The standard InChI is InChI=1S/C19H11N5/c1-2-4-12(5-3-1)24-14-6-7-21-19-17(14)16-13(10-20-11-15(16)24)18-22-8-9-23(18)19/h1-11H. The lowest BCUT2D eigenvalue weighted by Gasteiger charge is -2.06. The molecule has 0 radical (unpaired) electrons. The maximum atomic E-state index is 4.63. The third-order valence-corrected chi connectivity index (χ3v) is 4.69. The number of hydrogen-bond donors (Lipinski definition) is 0. The molecule has 0 atom stereocenters. The quantitative estimate of drug-likeness (QED) is 0.434. The molecule has 0 aliphatic heterocycles. The monoisotopic (exact) mass is 309 g/mol. The van der Waals surface area contributed by atoms with Gasteiger partial charge in [-0.3, -0.25) is 9.38 Å². The molecule has 6 aromatic rings. The summed E-state index contributed by atoms with van der Waals surface area (Å²) in [5.74, 6) is 0. The van der Waals surface area contributed by atoms with Crippen LogP contribution in [0.25, 0.3) is 44.2 Å². The second-order valence-electron chi connectivity index (χ2n) is 5.90. The number of hydrogen-bond acceptors (Lipinski definition) is 3. The molecule has 5 heteroatoms. The normalized spacial score (nSPS) is 12.2. The number of rotatable bonds is 1. The Hall–Kier alpha value is -3.47. The smallest absolute Gasteiger partial charge is 0.148 e. The first-order valence-electron chi connectivity index (χ1n) is 7.80. The summed E-state index contributed by atoms with van der Waals surface area (Å²) in [6.07, 6.45) is 9.45. The van der Waals surface area contributed by atoms with Crippen molar-refractivity contribution in [3.8, 4) is 5.69 Å². The van der Waals surface area contributed by atoms with Crippen molar-refractivity contribution < 1.29 is 0 Å². The maximum Gasteiger partial charge on any atom is 0.148 e. The topological polar surface area (TPSA) is 48.0 Å². The Bertz CT molecular complexity index is 1260. The fourth-order valence-corrected chi connectivity index (χ4v) is 3.76. The predicted octanol–water partition coefficient (Wildman–Crippen LogP) is 3.81. The average Bonchev–Trinajstić information content (AvgIpc) is 3.25. The van der Waals surface area contributed by atoms with Crippen LogP contribution in [-0.4, -0.2) is 23.9 Å². The van der Waals surface area contributed by atoms with E-state index in [1.165, 1.54) is 5.39 Å². The number of nitrogens with zero attached hydrogens (tertiary/aromatic N) is 5. The Labute approximate surface area is 136 Å². The highest BCUT2D eigenvalue weighted by Crippen LogP contribution is 2.38. The van der Waals surface area contributed by atoms with Crippen molar-refractivity contribution in [1.29, 1.82) is 0 Å². The summed E-state index contributed by atoms with van der Waals surface area (Å²) in [6, 6.07) is 12.4. The number of benzene rings is 1. The Morgan fingerprint density at radius 3 is 2.54 bits per heavy atom. The second kappa shape index (κ2) is 4.08. The molecule has 0 saturated carbocycles. The maximum absolute atomic E-state index is 4.63. The zero-order chi connectivity index (χ0) is 15.7. The molecule has 0 aliphatic rings. The Balaban J connectivity index is 2.00. The van der Waals surface area contributed by atoms with Gasteiger partial charge in [0.2, 0.25) is 0 Å². The van der Waals surface area contributed by atoms with Crippen LogP contribution in [0.5, 0.6) is 0 Å². The van der Waals surface area contributed by atoms with Crippen molar-refractivity contribution >= 4 is 38.5 Å². The average molecular weight is 309 g/mol. The Kier molecular flexibility index (Phi) is 2.04. The van der Waals surface area contributed by atoms with E-state index in [1.807, 2.05) is 41.5 Å². The fourth-order valence-electron chi connectivity index (χ4n) is 3.76. The van der Waals surface area contributed by atoms with Crippen molar-refractivity contribution in [1.82, 2.24) is 23.9 Å². The van der Waals surface area contributed by atoms with Gasteiger partial charge in [0, 0.05) is 41.2 Å². The lowest BCUT2D eigenvalue weighted by atomic mass is 10.1. The second-order valence-corrected chi connectivity index (χ2v) is 5.90. The summed E-state index contributed by atoms with van der Waals surface area (Å²) in [4.78, 5) is 13.6. The van der Waals surface area contributed by atoms with Crippen LogP contribution < -0.4 is 0 Å². The summed E-state index contributed by atoms with van der Waals surface area (Å²) >= 11 is 0. The van der Waals surface area contributed by atoms with E-state index in [2.05, 4.69) is 49.9 Å². The molecule has 0 amide bonds. The lowest BCUT2D eigenvalue weighted by Crippen LogP contribution is -1.93. The van der Waals surface area contributed by atoms with Crippen molar-refractivity contribution in [3.63, 3.8) is 0 Å². The number of fused-ring (bicyclic) bond motifs is 3. The molecule has 5 heterocycles. The van der Waals surface area contributed by atoms with Gasteiger partial charge in [-0.2, -0.15) is 0 Å². The molecule has 1 aromatic carbocycles. The van der Waals surface area contributed by atoms with Gasteiger partial charge in [-0.1, -0.05) is 18.2 Å². The molecule has 0 bridgehead atoms. The zero-order valence-corrected chi connectivity index (χ0v) is 12.6. The van der Waals surface area contributed by atoms with Gasteiger partial charge in [-0.15, -0.1) is 0 Å². The first-order chi connectivity index (χ1) is 11.9. The van der Waals surface area contributed by atoms with Gasteiger partial charge in [0.15, 0.2) is 0 Å². The van der Waals surface area contributed by atoms with Crippen LogP contribution in [0.3, 0.4) is 0 Å². The molecule has 0 fully saturated rings. The molecule has 0 aliphatic carbocycles. The van der Waals surface area contributed by atoms with Crippen molar-refractivity contribution in [2.24, 2.45) is 0 Å². The molecule has 0 N–H and O–H groups in total. The summed E-state index contributed by atoms with van der Waals surface area (Å²) < 4.78 is 4.29. The molecular formula is C19H11N5. The number of imidazole rings is 1. The molecule has 24 heavy (non-hydrogen) atoms. The molecule has 112 valence electrons. The van der Waals surface area contributed by atoms with Gasteiger partial charge in [-0.05, 0) is 18.2 Å². The highest BCUT2D eigenvalue weighted by molar-refractivity contribution is 6.25. The third-order valence-electron chi connectivity index (χ3n) is 4.69. The van der Waals surface area contributed by atoms with E-state index in [9.17, 15) is 0 Å². The first-order valence-corrected chi connectivity index (χ1v) is 7.80. The van der Waals surface area contributed by atoms with Crippen LogP contribution in [0.15, 0.2) is 67.4 Å². The van der Waals surface area contributed by atoms with E-state index in [-0.39, 0.29) is 0 Å². The van der Waals surface area contributed by atoms with Crippen LogP contribution in [0, 0.1) is 0 Å². The summed E-state index contributed by atoms with van der Waals surface area (Å²) in [5, 5.41) is 3.38. The summed E-state index contributed by atoms with van der Waals surface area (Å²) in [6.45, 7) is 0. The summed E-state index contributed by atoms with van der Waals surface area (Å²) in [5.41, 5.74) is 5.16. The van der Waals surface area contributed by atoms with E-state index in [1.54, 1.807) is 0 Å². The number of para-hydroxylation sites is 1. The highest BCUT2D eigenvalue weighted by Gasteiger charge is 2.20. The van der Waals surface area contributed by atoms with E-state index < -0.39 is 0 Å². The minimum Gasteiger partial charge on any atom is -0.307 e. The van der Waals surface area contributed by atoms with Gasteiger partial charge in [-0.25, -0.2) is 9.97 Å². The Morgan fingerprint density at radius 1 is 0.750 bits per heavy atom. The van der Waals surface area contributed by atoms with Crippen molar-refractivity contribution in [2.75, 3.05) is 0 Å². The number of pyridine rings is 3. The molecule has 0 unspecified atom stereocenters. The van der Waals surface area contributed by atoms with Crippen LogP contribution in [0.4, 0.5) is 0 Å². The third kappa shape index (κ3) is 1.29. The lowest BCUT2D eigenvalue weighted by molar-refractivity contribution is 1.16. The van der Waals surface area contributed by atoms with Gasteiger partial charge < -0.3 is 4.57 Å². The van der Waals surface area contributed by atoms with Crippen LogP contribution in [-0.2, 0) is 0 Å². The van der Waals surface area contributed by atoms with Crippen LogP contribution in [0.2, 0.25) is 0 Å². The van der Waals surface area contributed by atoms with Gasteiger partial charge >= 0.3 is 0 Å². The van der Waals surface area contributed by atoms with E-state index in [0.717, 1.165) is 38.8 Å². The molecule has 5 aromatic heterocycles. The number of aromatic nitrogens is 5. The van der Waals surface area contributed by atoms with E-state index in [0.29, 0.717) is 0 Å². The van der Waals surface area contributed by atoms with Crippen LogP contribution >= 0.6 is 0 Å². The summed E-state index contributed by atoms with van der Waals surface area (Å²) in [7, 11) is 0. The highest BCUT2D eigenvalue weighted by atomic mass is 15.1. The molecule has 5 nitrogen and oxygen atoms in total. The minimum absolute atomic E-state index is 0.895. The molecule has 0 saturated heterocycles. The first kappa shape index (κ1) is 12.0. The van der Waals surface area contributed by atoms with Gasteiger partial charge in [0.25, 0.3) is 0 Å². The van der Waals surface area contributed by atoms with Crippen LogP contribution in [0.1, 0.15) is 0 Å². The SMILES string of the molecule is c1ccc(-n2c3cncc4c3c3c2ccnc3n2ccnc42)cc1. The molecule has 6 rings (SSSR count). The zero-order valence-electron chi connectivity index (χ0n) is 12.6. The van der Waals surface area contributed by atoms with Gasteiger partial charge in [0.1, 0.15) is 11.3 Å². The van der Waals surface area contributed by atoms with Crippen molar-refractivity contribution in [3.05, 3.63) is 67.4 Å². The van der Waals surface area contributed by atoms with E-state index in [4.69, 9.17) is 0 Å². The Morgan fingerprint density at radius 2 is 1.62 bits per heavy atom. The van der Waals surface area contributed by atoms with Gasteiger partial charge in [0.05, 0.1) is 22.6 Å².